The van der Waals surface area contributed by atoms with Gasteiger partial charge < -0.3 is 4.98 Å². The molecule has 4 rings (SSSR count). The van der Waals surface area contributed by atoms with Gasteiger partial charge in [-0.2, -0.15) is 0 Å². The van der Waals surface area contributed by atoms with Crippen molar-refractivity contribution in [2.45, 2.75) is 41.2 Å². The molecule has 0 atom stereocenters. The first kappa shape index (κ1) is 14.6. The first-order chi connectivity index (χ1) is 10.8. The van der Waals surface area contributed by atoms with Gasteiger partial charge in [0, 0.05) is 27.1 Å². The van der Waals surface area contributed by atoms with Gasteiger partial charge in [-0.1, -0.05) is 6.07 Å². The summed E-state index contributed by atoms with van der Waals surface area (Å²) in [5, 5.41) is 4.40. The van der Waals surface area contributed by atoms with E-state index in [-0.39, 0.29) is 0 Å². The minimum Gasteiger partial charge on any atom is -0.338 e. The fraction of sp³-hybridized carbons (Fsp3) is 0.353. The van der Waals surface area contributed by atoms with Crippen molar-refractivity contribution in [3.8, 4) is 10.6 Å². The fourth-order valence-corrected chi connectivity index (χ4v) is 5.48. The second kappa shape index (κ2) is 6.26. The van der Waals surface area contributed by atoms with Crippen LogP contribution in [0.3, 0.4) is 0 Å². The van der Waals surface area contributed by atoms with Crippen LogP contribution >= 0.6 is 34.7 Å². The van der Waals surface area contributed by atoms with Crippen LogP contribution in [-0.2, 0) is 0 Å². The highest BCUT2D eigenvalue weighted by Gasteiger charge is 2.24. The van der Waals surface area contributed by atoms with Crippen molar-refractivity contribution in [2.75, 3.05) is 0 Å². The number of aromatic nitrogens is 2. The highest BCUT2D eigenvalue weighted by molar-refractivity contribution is 8.00. The summed E-state index contributed by atoms with van der Waals surface area (Å²) in [6.07, 6.45) is 6.53. The minimum atomic E-state index is 0.373. The van der Waals surface area contributed by atoms with E-state index in [1.165, 1.54) is 33.7 Å². The number of nitrogens with one attached hydrogen (secondary N) is 1. The molecule has 0 amide bonds. The van der Waals surface area contributed by atoms with Crippen LogP contribution in [0.1, 0.15) is 25.7 Å². The van der Waals surface area contributed by atoms with Crippen LogP contribution in [-0.4, -0.2) is 20.6 Å². The molecule has 2 nitrogen and oxygen atoms in total. The number of hydrogen-bond acceptors (Lipinski definition) is 3. The quantitative estimate of drug-likeness (QED) is 0.594. The summed E-state index contributed by atoms with van der Waals surface area (Å²) in [6.45, 7) is 0. The molecule has 0 saturated heterocycles. The lowest BCUT2D eigenvalue weighted by Crippen LogP contribution is -2.15. The Hall–Kier alpha value is -0.970. The molecule has 3 aromatic rings. The Balaban J connectivity index is 1.73. The number of thioether (sulfide) groups is 1. The van der Waals surface area contributed by atoms with E-state index in [2.05, 4.69) is 33.5 Å². The Morgan fingerprint density at radius 1 is 1.18 bits per heavy atom. The molecule has 1 N–H and O–H groups in total. The average Bonchev–Trinajstić information content (AvgIpc) is 3.18. The van der Waals surface area contributed by atoms with Crippen molar-refractivity contribution in [3.05, 3.63) is 35.8 Å². The zero-order valence-electron chi connectivity index (χ0n) is 12.1. The van der Waals surface area contributed by atoms with E-state index in [0.29, 0.717) is 10.6 Å². The Bertz CT molecular complexity index is 758. The number of alkyl halides is 1. The molecule has 0 spiro atoms. The van der Waals surface area contributed by atoms with Crippen molar-refractivity contribution >= 4 is 45.7 Å². The summed E-state index contributed by atoms with van der Waals surface area (Å²) in [7, 11) is 0. The summed E-state index contributed by atoms with van der Waals surface area (Å²) >= 11 is 10.0. The topological polar surface area (TPSA) is 28.7 Å². The standard InChI is InChI=1S/C17H17ClN2S2/c18-11-5-7-12(8-6-11)22-16-13-3-1-9-19-17(13)20-15(16)14-4-2-10-21-14/h1-4,9-12H,5-8H2,(H,19,20). The average molecular weight is 349 g/mol. The maximum atomic E-state index is 6.25. The summed E-state index contributed by atoms with van der Waals surface area (Å²) in [5.74, 6) is 0. The number of pyridine rings is 1. The summed E-state index contributed by atoms with van der Waals surface area (Å²) < 4.78 is 0. The monoisotopic (exact) mass is 348 g/mol. The maximum Gasteiger partial charge on any atom is 0.138 e. The maximum absolute atomic E-state index is 6.25. The molecule has 1 aliphatic carbocycles. The number of rotatable bonds is 3. The van der Waals surface area contributed by atoms with Crippen molar-refractivity contribution in [1.29, 1.82) is 0 Å². The van der Waals surface area contributed by atoms with E-state index < -0.39 is 0 Å². The van der Waals surface area contributed by atoms with Crippen molar-refractivity contribution in [2.24, 2.45) is 0 Å². The zero-order valence-corrected chi connectivity index (χ0v) is 14.5. The Morgan fingerprint density at radius 3 is 2.82 bits per heavy atom. The third kappa shape index (κ3) is 2.80. The molecule has 5 heteroatoms. The molecule has 3 heterocycles. The van der Waals surface area contributed by atoms with Gasteiger partial charge in [0.25, 0.3) is 0 Å². The minimum absolute atomic E-state index is 0.373. The van der Waals surface area contributed by atoms with Crippen LogP contribution in [0.4, 0.5) is 0 Å². The van der Waals surface area contributed by atoms with Crippen molar-refractivity contribution in [3.63, 3.8) is 0 Å². The first-order valence-electron chi connectivity index (χ1n) is 7.62. The van der Waals surface area contributed by atoms with Crippen LogP contribution < -0.4 is 0 Å². The van der Waals surface area contributed by atoms with Gasteiger partial charge in [-0.25, -0.2) is 4.98 Å². The molecule has 1 aliphatic rings. The van der Waals surface area contributed by atoms with Crippen molar-refractivity contribution < 1.29 is 0 Å². The summed E-state index contributed by atoms with van der Waals surface area (Å²) in [6, 6.07) is 8.47. The van der Waals surface area contributed by atoms with E-state index in [1.54, 1.807) is 11.3 Å². The number of aromatic amines is 1. The molecule has 22 heavy (non-hydrogen) atoms. The molecule has 3 aromatic heterocycles. The Labute approximate surface area is 143 Å². The Kier molecular flexibility index (Phi) is 4.16. The number of halogens is 1. The number of nitrogens with zero attached hydrogens (tertiary/aromatic N) is 1. The van der Waals surface area contributed by atoms with Crippen molar-refractivity contribution in [1.82, 2.24) is 9.97 Å². The van der Waals surface area contributed by atoms with E-state index in [9.17, 15) is 0 Å². The van der Waals surface area contributed by atoms with Gasteiger partial charge in [0.05, 0.1) is 10.6 Å². The van der Waals surface area contributed by atoms with Crippen LogP contribution in [0.25, 0.3) is 21.6 Å². The highest BCUT2D eigenvalue weighted by Crippen LogP contribution is 2.43. The largest absolute Gasteiger partial charge is 0.338 e. The first-order valence-corrected chi connectivity index (χ1v) is 9.82. The number of hydrogen-bond donors (Lipinski definition) is 1. The number of H-pyrrole nitrogens is 1. The van der Waals surface area contributed by atoms with Crippen LogP contribution in [0.5, 0.6) is 0 Å². The zero-order chi connectivity index (χ0) is 14.9. The molecular weight excluding hydrogens is 332 g/mol. The van der Waals surface area contributed by atoms with Crippen LogP contribution in [0, 0.1) is 0 Å². The van der Waals surface area contributed by atoms with Gasteiger partial charge in [0.2, 0.25) is 0 Å². The van der Waals surface area contributed by atoms with Gasteiger partial charge in [0.1, 0.15) is 5.65 Å². The molecule has 0 aliphatic heterocycles. The lowest BCUT2D eigenvalue weighted by molar-refractivity contribution is 0.523. The molecule has 0 aromatic carbocycles. The predicted octanol–water partition coefficient (Wildman–Crippen LogP) is 5.93. The van der Waals surface area contributed by atoms with E-state index in [4.69, 9.17) is 11.6 Å². The fourth-order valence-electron chi connectivity index (χ4n) is 3.02. The second-order valence-corrected chi connectivity index (χ2v) is 8.57. The Morgan fingerprint density at radius 2 is 2.05 bits per heavy atom. The van der Waals surface area contributed by atoms with E-state index >= 15 is 0 Å². The van der Waals surface area contributed by atoms with E-state index in [1.807, 2.05) is 24.0 Å². The molecule has 114 valence electrons. The van der Waals surface area contributed by atoms with Crippen LogP contribution in [0.15, 0.2) is 40.7 Å². The lowest BCUT2D eigenvalue weighted by Gasteiger charge is -2.24. The molecular formula is C17H17ClN2S2. The van der Waals surface area contributed by atoms with Gasteiger partial charge in [0.15, 0.2) is 0 Å². The summed E-state index contributed by atoms with van der Waals surface area (Å²) in [4.78, 5) is 10.6. The number of fused-ring (bicyclic) bond motifs is 1. The van der Waals surface area contributed by atoms with E-state index in [0.717, 1.165) is 18.5 Å². The third-order valence-electron chi connectivity index (χ3n) is 4.18. The molecule has 1 saturated carbocycles. The van der Waals surface area contributed by atoms with Gasteiger partial charge in [-0.15, -0.1) is 34.7 Å². The second-order valence-electron chi connectivity index (χ2n) is 5.70. The SMILES string of the molecule is ClC1CCC(Sc2c(-c3cccs3)[nH]c3ncccc23)CC1. The normalized spacial score (nSPS) is 22.2. The molecule has 1 fully saturated rings. The van der Waals surface area contributed by atoms with Gasteiger partial charge >= 0.3 is 0 Å². The third-order valence-corrected chi connectivity index (χ3v) is 6.97. The smallest absolute Gasteiger partial charge is 0.138 e. The summed E-state index contributed by atoms with van der Waals surface area (Å²) in [5.41, 5.74) is 2.21. The predicted molar refractivity (Wildman–Crippen MR) is 97.2 cm³/mol. The van der Waals surface area contributed by atoms with Crippen LogP contribution in [0.2, 0.25) is 0 Å². The molecule has 0 unspecified atom stereocenters. The van der Waals surface area contributed by atoms with Gasteiger partial charge in [-0.05, 0) is 49.3 Å². The molecule has 0 radical (unpaired) electrons. The van der Waals surface area contributed by atoms with Gasteiger partial charge in [-0.3, -0.25) is 0 Å². The highest BCUT2D eigenvalue weighted by atomic mass is 35.5. The molecule has 0 bridgehead atoms. The lowest BCUT2D eigenvalue weighted by atomic mass is 10.00. The number of thiophene rings is 1.